The molecule has 36 heavy (non-hydrogen) atoms. The number of benzene rings is 3. The SMILES string of the molecule is COc1cccc(-c2nn(-c3ccc(F)cc3)cc2C(=O)OC(C)C(=O)Nc2ccccc2OC)c1. The largest absolute Gasteiger partial charge is 0.497 e. The van der Waals surface area contributed by atoms with Gasteiger partial charge in [0, 0.05) is 11.8 Å². The van der Waals surface area contributed by atoms with E-state index >= 15 is 0 Å². The first-order valence-corrected chi connectivity index (χ1v) is 11.0. The standard InChI is InChI=1S/C27H24FN3O5/c1-17(26(32)29-23-9-4-5-10-24(23)35-3)36-27(33)22-16-31(20-13-11-19(28)12-14-20)30-25(22)18-7-6-8-21(15-18)34-2/h4-17H,1-3H3,(H,29,32). The van der Waals surface area contributed by atoms with Crippen molar-refractivity contribution in [3.05, 3.63) is 90.4 Å². The zero-order valence-electron chi connectivity index (χ0n) is 19.9. The summed E-state index contributed by atoms with van der Waals surface area (Å²) in [6, 6.07) is 19.6. The Bertz CT molecular complexity index is 1380. The summed E-state index contributed by atoms with van der Waals surface area (Å²) in [4.78, 5) is 25.9. The summed E-state index contributed by atoms with van der Waals surface area (Å²) in [7, 11) is 3.03. The lowest BCUT2D eigenvalue weighted by Crippen LogP contribution is -2.30. The first-order chi connectivity index (χ1) is 17.4. The molecular weight excluding hydrogens is 465 g/mol. The van der Waals surface area contributed by atoms with Crippen molar-refractivity contribution >= 4 is 17.6 Å². The highest BCUT2D eigenvalue weighted by Crippen LogP contribution is 2.28. The fourth-order valence-corrected chi connectivity index (χ4v) is 3.49. The molecule has 0 bridgehead atoms. The molecule has 1 aromatic heterocycles. The van der Waals surface area contributed by atoms with Crippen molar-refractivity contribution in [2.75, 3.05) is 19.5 Å². The number of nitrogens with zero attached hydrogens (tertiary/aromatic N) is 2. The molecule has 184 valence electrons. The minimum absolute atomic E-state index is 0.129. The maximum atomic E-state index is 13.4. The first-order valence-electron chi connectivity index (χ1n) is 11.0. The molecule has 1 unspecified atom stereocenters. The van der Waals surface area contributed by atoms with Crippen molar-refractivity contribution in [1.82, 2.24) is 9.78 Å². The highest BCUT2D eigenvalue weighted by atomic mass is 19.1. The summed E-state index contributed by atoms with van der Waals surface area (Å²) in [6.45, 7) is 1.47. The first kappa shape index (κ1) is 24.5. The maximum Gasteiger partial charge on any atom is 0.342 e. The summed E-state index contributed by atoms with van der Waals surface area (Å²) in [5.74, 6) is -0.614. The zero-order chi connectivity index (χ0) is 25.7. The quantitative estimate of drug-likeness (QED) is 0.355. The van der Waals surface area contributed by atoms with Crippen molar-refractivity contribution < 1.29 is 28.2 Å². The van der Waals surface area contributed by atoms with Gasteiger partial charge in [-0.25, -0.2) is 13.9 Å². The van der Waals surface area contributed by atoms with Crippen LogP contribution >= 0.6 is 0 Å². The van der Waals surface area contributed by atoms with E-state index in [2.05, 4.69) is 10.4 Å². The molecule has 0 spiro atoms. The smallest absolute Gasteiger partial charge is 0.342 e. The molecule has 1 amide bonds. The average molecular weight is 490 g/mol. The fourth-order valence-electron chi connectivity index (χ4n) is 3.49. The van der Waals surface area contributed by atoms with Gasteiger partial charge in [-0.05, 0) is 55.5 Å². The van der Waals surface area contributed by atoms with Crippen molar-refractivity contribution in [2.24, 2.45) is 0 Å². The summed E-state index contributed by atoms with van der Waals surface area (Å²) in [6.07, 6.45) is 0.365. The van der Waals surface area contributed by atoms with Crippen LogP contribution in [0.15, 0.2) is 79.0 Å². The molecule has 1 N–H and O–H groups in total. The van der Waals surface area contributed by atoms with Gasteiger partial charge < -0.3 is 19.5 Å². The van der Waals surface area contributed by atoms with Crippen molar-refractivity contribution in [1.29, 1.82) is 0 Å². The van der Waals surface area contributed by atoms with Gasteiger partial charge in [0.05, 0.1) is 25.6 Å². The van der Waals surface area contributed by atoms with Crippen LogP contribution in [0.5, 0.6) is 11.5 Å². The highest BCUT2D eigenvalue weighted by Gasteiger charge is 2.25. The number of amides is 1. The molecule has 0 saturated heterocycles. The molecule has 0 aliphatic carbocycles. The molecule has 0 aliphatic heterocycles. The summed E-state index contributed by atoms with van der Waals surface area (Å²) in [5, 5.41) is 7.24. The molecule has 4 rings (SSSR count). The van der Waals surface area contributed by atoms with Gasteiger partial charge in [0.15, 0.2) is 6.10 Å². The second-order valence-corrected chi connectivity index (χ2v) is 7.78. The minimum atomic E-state index is -1.12. The zero-order valence-corrected chi connectivity index (χ0v) is 19.9. The number of hydrogen-bond acceptors (Lipinski definition) is 6. The van der Waals surface area contributed by atoms with E-state index in [1.807, 2.05) is 0 Å². The Morgan fingerprint density at radius 1 is 0.972 bits per heavy atom. The Kier molecular flexibility index (Phi) is 7.29. The Morgan fingerprint density at radius 3 is 2.44 bits per heavy atom. The molecule has 0 fully saturated rings. The Balaban J connectivity index is 1.62. The molecular formula is C27H24FN3O5. The molecule has 8 nitrogen and oxygen atoms in total. The topological polar surface area (TPSA) is 91.7 Å². The number of aromatic nitrogens is 2. The second-order valence-electron chi connectivity index (χ2n) is 7.78. The molecule has 0 aliphatic rings. The number of methoxy groups -OCH3 is 2. The maximum absolute atomic E-state index is 13.4. The van der Waals surface area contributed by atoms with Gasteiger partial charge in [-0.2, -0.15) is 5.10 Å². The third kappa shape index (κ3) is 5.35. The van der Waals surface area contributed by atoms with Gasteiger partial charge in [0.25, 0.3) is 5.91 Å². The normalized spacial score (nSPS) is 11.4. The average Bonchev–Trinajstić information content (AvgIpc) is 3.35. The number of esters is 1. The Hall–Kier alpha value is -4.66. The van der Waals surface area contributed by atoms with E-state index in [-0.39, 0.29) is 5.56 Å². The van der Waals surface area contributed by atoms with Gasteiger partial charge in [-0.1, -0.05) is 24.3 Å². The van der Waals surface area contributed by atoms with Crippen LogP contribution in [0, 0.1) is 5.82 Å². The van der Waals surface area contributed by atoms with Gasteiger partial charge in [0.2, 0.25) is 0 Å². The monoisotopic (exact) mass is 489 g/mol. The number of carbonyl (C=O) groups excluding carboxylic acids is 2. The van der Waals surface area contributed by atoms with Crippen molar-refractivity contribution in [2.45, 2.75) is 13.0 Å². The van der Waals surface area contributed by atoms with Crippen LogP contribution in [-0.2, 0) is 9.53 Å². The molecule has 0 saturated carbocycles. The Labute approximate surface area is 207 Å². The lowest BCUT2D eigenvalue weighted by atomic mass is 10.1. The van der Waals surface area contributed by atoms with Gasteiger partial charge in [-0.3, -0.25) is 4.79 Å². The van der Waals surface area contributed by atoms with Crippen LogP contribution in [0.2, 0.25) is 0 Å². The predicted octanol–water partition coefficient (Wildman–Crippen LogP) is 4.88. The molecule has 1 heterocycles. The van der Waals surface area contributed by atoms with Crippen LogP contribution < -0.4 is 14.8 Å². The second kappa shape index (κ2) is 10.7. The third-order valence-corrected chi connectivity index (χ3v) is 5.39. The lowest BCUT2D eigenvalue weighted by molar-refractivity contribution is -0.123. The lowest BCUT2D eigenvalue weighted by Gasteiger charge is -2.15. The number of halogens is 1. The summed E-state index contributed by atoms with van der Waals surface area (Å²) in [5.41, 5.74) is 2.05. The predicted molar refractivity (Wildman–Crippen MR) is 132 cm³/mol. The van der Waals surface area contributed by atoms with Crippen molar-refractivity contribution in [3.63, 3.8) is 0 Å². The summed E-state index contributed by atoms with van der Waals surface area (Å²) < 4.78 is 30.9. The van der Waals surface area contributed by atoms with E-state index < -0.39 is 23.8 Å². The van der Waals surface area contributed by atoms with Gasteiger partial charge >= 0.3 is 5.97 Å². The van der Waals surface area contributed by atoms with E-state index in [0.717, 1.165) is 0 Å². The van der Waals surface area contributed by atoms with E-state index in [1.54, 1.807) is 48.5 Å². The molecule has 0 radical (unpaired) electrons. The van der Waals surface area contributed by atoms with Crippen LogP contribution in [0.1, 0.15) is 17.3 Å². The molecule has 1 atom stereocenters. The number of hydrogen-bond donors (Lipinski definition) is 1. The Morgan fingerprint density at radius 2 is 1.72 bits per heavy atom. The van der Waals surface area contributed by atoms with Gasteiger partial charge in [0.1, 0.15) is 28.6 Å². The number of rotatable bonds is 8. The van der Waals surface area contributed by atoms with E-state index in [1.165, 1.54) is 56.3 Å². The van der Waals surface area contributed by atoms with Crippen LogP contribution in [-0.4, -0.2) is 42.0 Å². The van der Waals surface area contributed by atoms with Gasteiger partial charge in [-0.15, -0.1) is 0 Å². The van der Waals surface area contributed by atoms with Crippen LogP contribution in [0.25, 0.3) is 16.9 Å². The third-order valence-electron chi connectivity index (χ3n) is 5.39. The number of ether oxygens (including phenoxy) is 3. The number of para-hydroxylation sites is 2. The molecule has 3 aromatic carbocycles. The van der Waals surface area contributed by atoms with Crippen molar-refractivity contribution in [3.8, 4) is 28.4 Å². The van der Waals surface area contributed by atoms with Crippen LogP contribution in [0.4, 0.5) is 10.1 Å². The fraction of sp³-hybridized carbons (Fsp3) is 0.148. The minimum Gasteiger partial charge on any atom is -0.497 e. The number of anilines is 1. The van der Waals surface area contributed by atoms with Crippen LogP contribution in [0.3, 0.4) is 0 Å². The number of carbonyl (C=O) groups is 2. The highest BCUT2D eigenvalue weighted by molar-refractivity contribution is 6.00. The molecule has 4 aromatic rings. The van der Waals surface area contributed by atoms with E-state index in [0.29, 0.717) is 34.1 Å². The number of nitrogens with one attached hydrogen (secondary N) is 1. The van der Waals surface area contributed by atoms with E-state index in [9.17, 15) is 14.0 Å². The molecule has 9 heteroatoms. The summed E-state index contributed by atoms with van der Waals surface area (Å²) >= 11 is 0. The van der Waals surface area contributed by atoms with E-state index in [4.69, 9.17) is 14.2 Å².